The van der Waals surface area contributed by atoms with Crippen LogP contribution < -0.4 is 0 Å². The molecule has 160 valence electrons. The van der Waals surface area contributed by atoms with E-state index < -0.39 is 17.5 Å². The number of fused-ring (bicyclic) bond motifs is 7. The monoisotopic (exact) mass is 426 g/mol. The Morgan fingerprint density at radius 1 is 0.688 bits per heavy atom. The van der Waals surface area contributed by atoms with E-state index in [-0.39, 0.29) is 13.2 Å². The molecule has 0 amide bonds. The fraction of sp³-hybridized carbons (Fsp3) is 0.185. The van der Waals surface area contributed by atoms with Gasteiger partial charge in [-0.2, -0.15) is 0 Å². The summed E-state index contributed by atoms with van der Waals surface area (Å²) in [5.41, 5.74) is 1.17. The molecule has 4 aromatic carbocycles. The van der Waals surface area contributed by atoms with Crippen molar-refractivity contribution in [2.45, 2.75) is 12.5 Å². The predicted molar refractivity (Wildman–Crippen MR) is 123 cm³/mol. The van der Waals surface area contributed by atoms with Crippen molar-refractivity contribution in [1.29, 1.82) is 0 Å². The lowest BCUT2D eigenvalue weighted by atomic mass is 9.87. The predicted octanol–water partition coefficient (Wildman–Crippen LogP) is 5.39. The second-order valence-corrected chi connectivity index (χ2v) is 8.22. The normalized spacial score (nSPS) is 15.9. The van der Waals surface area contributed by atoms with E-state index in [2.05, 4.69) is 0 Å². The summed E-state index contributed by atoms with van der Waals surface area (Å²) in [5.74, 6) is -0.940. The van der Waals surface area contributed by atoms with Crippen molar-refractivity contribution in [1.82, 2.24) is 0 Å². The van der Waals surface area contributed by atoms with Crippen LogP contribution >= 0.6 is 0 Å². The van der Waals surface area contributed by atoms with Gasteiger partial charge in [0, 0.05) is 18.2 Å². The van der Waals surface area contributed by atoms with Gasteiger partial charge >= 0.3 is 11.9 Å². The van der Waals surface area contributed by atoms with Gasteiger partial charge in [-0.25, -0.2) is 9.59 Å². The van der Waals surface area contributed by atoms with Crippen LogP contribution in [0.3, 0.4) is 0 Å². The zero-order valence-electron chi connectivity index (χ0n) is 17.9. The van der Waals surface area contributed by atoms with Crippen LogP contribution in [0.4, 0.5) is 0 Å². The zero-order valence-corrected chi connectivity index (χ0v) is 17.9. The molecule has 32 heavy (non-hydrogen) atoms. The van der Waals surface area contributed by atoms with Gasteiger partial charge in [0.05, 0.1) is 11.1 Å². The van der Waals surface area contributed by atoms with Crippen LogP contribution in [0.25, 0.3) is 32.7 Å². The van der Waals surface area contributed by atoms with Crippen LogP contribution in [-0.2, 0) is 14.2 Å². The molecule has 0 radical (unpaired) electrons. The first-order valence-corrected chi connectivity index (χ1v) is 10.4. The van der Waals surface area contributed by atoms with E-state index in [1.165, 1.54) is 7.11 Å². The molecular formula is C27H22O5. The Balaban J connectivity index is 1.91. The second-order valence-electron chi connectivity index (χ2n) is 8.22. The van der Waals surface area contributed by atoms with E-state index in [0.717, 1.165) is 21.5 Å². The van der Waals surface area contributed by atoms with Crippen molar-refractivity contribution < 1.29 is 23.8 Å². The smallest absolute Gasteiger partial charge is 0.338 e. The molecule has 0 aromatic heterocycles. The minimum atomic E-state index is -0.955. The minimum Gasteiger partial charge on any atom is -0.459 e. The summed E-state index contributed by atoms with van der Waals surface area (Å²) in [7, 11) is 1.50. The van der Waals surface area contributed by atoms with Crippen LogP contribution in [0, 0.1) is 0 Å². The van der Waals surface area contributed by atoms with Crippen molar-refractivity contribution in [2.75, 3.05) is 20.3 Å². The molecule has 0 aliphatic carbocycles. The number of ether oxygens (including phenoxy) is 3. The van der Waals surface area contributed by atoms with E-state index in [9.17, 15) is 9.59 Å². The Morgan fingerprint density at radius 3 is 1.56 bits per heavy atom. The summed E-state index contributed by atoms with van der Waals surface area (Å²) in [5, 5.41) is 3.65. The summed E-state index contributed by atoms with van der Waals surface area (Å²) in [4.78, 5) is 26.6. The molecule has 5 heteroatoms. The highest BCUT2D eigenvalue weighted by molar-refractivity contribution is 6.17. The van der Waals surface area contributed by atoms with E-state index in [1.807, 2.05) is 60.7 Å². The van der Waals surface area contributed by atoms with Crippen LogP contribution in [0.2, 0.25) is 0 Å². The molecule has 5 rings (SSSR count). The maximum absolute atomic E-state index is 13.3. The standard InChI is InChI=1S/C27H22O5/c1-27(30-2)15-31-25(28)21-13-11-17-7-3-5-9-19(17)23(21)24-20-10-6-4-8-18(20)12-14-22(24)26(29)32-16-27/h3-14H,15-16H2,1-2H3. The summed E-state index contributed by atoms with van der Waals surface area (Å²) < 4.78 is 16.8. The average molecular weight is 426 g/mol. The van der Waals surface area contributed by atoms with Gasteiger partial charge in [-0.05, 0) is 40.6 Å². The molecule has 4 aromatic rings. The fourth-order valence-corrected chi connectivity index (χ4v) is 4.17. The number of esters is 2. The van der Waals surface area contributed by atoms with Crippen molar-refractivity contribution in [3.63, 3.8) is 0 Å². The fourth-order valence-electron chi connectivity index (χ4n) is 4.17. The summed E-state index contributed by atoms with van der Waals surface area (Å²) in [6, 6.07) is 22.9. The second kappa shape index (κ2) is 7.77. The summed E-state index contributed by atoms with van der Waals surface area (Å²) in [6.07, 6.45) is 0. The lowest BCUT2D eigenvalue weighted by Gasteiger charge is -2.26. The van der Waals surface area contributed by atoms with Crippen molar-refractivity contribution >= 4 is 33.5 Å². The van der Waals surface area contributed by atoms with Gasteiger partial charge in [-0.1, -0.05) is 60.7 Å². The SMILES string of the molecule is COC1(C)COC(=O)c2ccc3ccccc3c2-c2c(ccc3ccccc23)C(=O)OC1. The number of methoxy groups -OCH3 is 1. The first-order chi connectivity index (χ1) is 15.5. The van der Waals surface area contributed by atoms with E-state index in [4.69, 9.17) is 14.2 Å². The number of hydrogen-bond acceptors (Lipinski definition) is 5. The van der Waals surface area contributed by atoms with Crippen LogP contribution in [0.1, 0.15) is 27.6 Å². The molecule has 1 aliphatic heterocycles. The van der Waals surface area contributed by atoms with Gasteiger partial charge < -0.3 is 14.2 Å². The molecule has 0 unspecified atom stereocenters. The van der Waals surface area contributed by atoms with Crippen molar-refractivity contribution in [3.8, 4) is 11.1 Å². The topological polar surface area (TPSA) is 61.8 Å². The zero-order chi connectivity index (χ0) is 22.3. The molecule has 5 nitrogen and oxygen atoms in total. The maximum atomic E-state index is 13.3. The van der Waals surface area contributed by atoms with Gasteiger partial charge in [-0.15, -0.1) is 0 Å². The number of cyclic esters (lactones) is 2. The molecule has 0 saturated heterocycles. The first-order valence-electron chi connectivity index (χ1n) is 10.4. The van der Waals surface area contributed by atoms with Gasteiger partial charge in [0.1, 0.15) is 18.8 Å². The minimum absolute atomic E-state index is 0.0427. The molecule has 0 atom stereocenters. The number of carbonyl (C=O) groups is 2. The first kappa shape index (κ1) is 20.2. The third-order valence-corrected chi connectivity index (χ3v) is 6.06. The largest absolute Gasteiger partial charge is 0.459 e. The van der Waals surface area contributed by atoms with E-state index in [1.54, 1.807) is 19.1 Å². The highest BCUT2D eigenvalue weighted by Gasteiger charge is 2.32. The lowest BCUT2D eigenvalue weighted by Crippen LogP contribution is -2.40. The summed E-state index contributed by atoms with van der Waals surface area (Å²) in [6.45, 7) is 1.66. The number of rotatable bonds is 1. The molecule has 0 saturated carbocycles. The van der Waals surface area contributed by atoms with Gasteiger partial charge in [0.2, 0.25) is 0 Å². The molecule has 0 N–H and O–H groups in total. The van der Waals surface area contributed by atoms with Crippen LogP contribution in [-0.4, -0.2) is 37.9 Å². The van der Waals surface area contributed by atoms with Crippen molar-refractivity contribution in [3.05, 3.63) is 83.9 Å². The quantitative estimate of drug-likeness (QED) is 0.382. The highest BCUT2D eigenvalue weighted by atomic mass is 16.6. The molecule has 0 spiro atoms. The van der Waals surface area contributed by atoms with E-state index >= 15 is 0 Å². The number of hydrogen-bond donors (Lipinski definition) is 0. The van der Waals surface area contributed by atoms with E-state index in [0.29, 0.717) is 22.3 Å². The Hall–Kier alpha value is -3.70. The molecule has 0 bridgehead atoms. The molecule has 0 fully saturated rings. The van der Waals surface area contributed by atoms with Crippen molar-refractivity contribution in [2.24, 2.45) is 0 Å². The molecule has 1 aliphatic rings. The summed E-state index contributed by atoms with van der Waals surface area (Å²) >= 11 is 0. The molecule has 1 heterocycles. The van der Waals surface area contributed by atoms with Gasteiger partial charge in [-0.3, -0.25) is 0 Å². The Morgan fingerprint density at radius 2 is 1.12 bits per heavy atom. The molecular weight excluding hydrogens is 404 g/mol. The third kappa shape index (κ3) is 3.31. The Labute approximate surface area is 185 Å². The van der Waals surface area contributed by atoms with Gasteiger partial charge in [0.25, 0.3) is 0 Å². The number of benzene rings is 4. The third-order valence-electron chi connectivity index (χ3n) is 6.06. The van der Waals surface area contributed by atoms with Gasteiger partial charge in [0.15, 0.2) is 0 Å². The lowest BCUT2D eigenvalue weighted by molar-refractivity contribution is -0.0830. The highest BCUT2D eigenvalue weighted by Crippen LogP contribution is 2.40. The average Bonchev–Trinajstić information content (AvgIpc) is 2.85. The Bertz CT molecular complexity index is 1270. The van der Waals surface area contributed by atoms with Crippen LogP contribution in [0.15, 0.2) is 72.8 Å². The Kier molecular flexibility index (Phi) is 4.91. The number of carbonyl (C=O) groups excluding carboxylic acids is 2. The maximum Gasteiger partial charge on any atom is 0.338 e. The van der Waals surface area contributed by atoms with Crippen LogP contribution in [0.5, 0.6) is 0 Å².